The average Bonchev–Trinajstić information content (AvgIpc) is 3.30. The number of fused-ring (bicyclic) bond motifs is 1. The summed E-state index contributed by atoms with van der Waals surface area (Å²) in [6.07, 6.45) is 1.66. The molecule has 1 fully saturated rings. The first-order valence-electron chi connectivity index (χ1n) is 10.4. The fourth-order valence-corrected chi connectivity index (χ4v) is 4.67. The summed E-state index contributed by atoms with van der Waals surface area (Å²) in [5.74, 6) is 0.951. The van der Waals surface area contributed by atoms with Crippen molar-refractivity contribution in [3.63, 3.8) is 0 Å². The van der Waals surface area contributed by atoms with Crippen LogP contribution in [0.15, 0.2) is 72.4 Å². The fraction of sp³-hybridized carbons (Fsp3) is 0.208. The van der Waals surface area contributed by atoms with Crippen LogP contribution in [0, 0.1) is 0 Å². The molecular weight excluding hydrogens is 406 g/mol. The van der Waals surface area contributed by atoms with Crippen LogP contribution in [0.2, 0.25) is 0 Å². The lowest BCUT2D eigenvalue weighted by Crippen LogP contribution is -2.46. The van der Waals surface area contributed by atoms with Crippen molar-refractivity contribution in [2.75, 3.05) is 36.4 Å². The average molecular weight is 430 g/mol. The largest absolute Gasteiger partial charge is 0.353 e. The first kappa shape index (κ1) is 19.7. The maximum atomic E-state index is 12.6. The van der Waals surface area contributed by atoms with E-state index < -0.39 is 0 Å². The van der Waals surface area contributed by atoms with Crippen molar-refractivity contribution in [3.8, 4) is 0 Å². The van der Waals surface area contributed by atoms with Gasteiger partial charge in [-0.1, -0.05) is 30.3 Å². The van der Waals surface area contributed by atoms with Crippen molar-refractivity contribution < 1.29 is 4.79 Å². The van der Waals surface area contributed by atoms with E-state index in [1.165, 1.54) is 0 Å². The molecule has 1 saturated heterocycles. The zero-order chi connectivity index (χ0) is 21.0. The summed E-state index contributed by atoms with van der Waals surface area (Å²) in [6.45, 7) is 4.59. The van der Waals surface area contributed by atoms with Crippen molar-refractivity contribution in [1.29, 1.82) is 0 Å². The van der Waals surface area contributed by atoms with E-state index in [4.69, 9.17) is 0 Å². The summed E-state index contributed by atoms with van der Waals surface area (Å²) in [5, 5.41) is 6.16. The topological polar surface area (TPSA) is 61.4 Å². The molecule has 1 N–H and O–H groups in total. The predicted molar refractivity (Wildman–Crippen MR) is 126 cm³/mol. The van der Waals surface area contributed by atoms with Gasteiger partial charge in [-0.05, 0) is 41.3 Å². The molecule has 5 rings (SSSR count). The molecule has 2 aromatic heterocycles. The molecule has 0 atom stereocenters. The smallest absolute Gasteiger partial charge is 0.255 e. The Morgan fingerprint density at radius 1 is 0.968 bits per heavy atom. The quantitative estimate of drug-likeness (QED) is 0.514. The molecule has 31 heavy (non-hydrogen) atoms. The maximum Gasteiger partial charge on any atom is 0.255 e. The minimum absolute atomic E-state index is 0.0820. The highest BCUT2D eigenvalue weighted by molar-refractivity contribution is 7.16. The lowest BCUT2D eigenvalue weighted by atomic mass is 10.1. The molecule has 156 valence electrons. The zero-order valence-electron chi connectivity index (χ0n) is 17.1. The van der Waals surface area contributed by atoms with Crippen LogP contribution in [-0.4, -0.2) is 47.0 Å². The minimum atomic E-state index is -0.0820. The first-order valence-corrected chi connectivity index (χ1v) is 11.2. The minimum Gasteiger partial charge on any atom is -0.353 e. The Kier molecular flexibility index (Phi) is 5.60. The highest BCUT2D eigenvalue weighted by Crippen LogP contribution is 2.27. The van der Waals surface area contributed by atoms with Crippen LogP contribution in [0.25, 0.3) is 10.2 Å². The number of thiophene rings is 1. The molecule has 0 aliphatic carbocycles. The molecule has 1 aliphatic heterocycles. The molecular formula is C24H23N5OS. The second kappa shape index (κ2) is 8.83. The molecule has 7 heteroatoms. The number of carbonyl (C=O) groups excluding carboxylic acids is 1. The Hall–Kier alpha value is -3.29. The van der Waals surface area contributed by atoms with Crippen LogP contribution in [-0.2, 0) is 6.54 Å². The van der Waals surface area contributed by atoms with Crippen LogP contribution in [0.3, 0.4) is 0 Å². The van der Waals surface area contributed by atoms with E-state index in [1.54, 1.807) is 17.7 Å². The third-order valence-corrected chi connectivity index (χ3v) is 6.36. The molecule has 0 spiro atoms. The molecule has 1 aliphatic rings. The summed E-state index contributed by atoms with van der Waals surface area (Å²) in [7, 11) is 0. The SMILES string of the molecule is O=C(Nc1ccccc1)c1cccc(CN2CCN(c3ncnc4sccc34)CC2)c1. The third-order valence-electron chi connectivity index (χ3n) is 5.54. The highest BCUT2D eigenvalue weighted by Gasteiger charge is 2.20. The number of carbonyl (C=O) groups is 1. The zero-order valence-corrected chi connectivity index (χ0v) is 17.9. The third kappa shape index (κ3) is 4.42. The van der Waals surface area contributed by atoms with Gasteiger partial charge < -0.3 is 10.2 Å². The van der Waals surface area contributed by atoms with E-state index >= 15 is 0 Å². The fourth-order valence-electron chi connectivity index (χ4n) is 3.94. The summed E-state index contributed by atoms with van der Waals surface area (Å²) in [6, 6.07) is 19.5. The van der Waals surface area contributed by atoms with Gasteiger partial charge in [0.15, 0.2) is 0 Å². The maximum absolute atomic E-state index is 12.6. The Labute approximate surface area is 185 Å². The van der Waals surface area contributed by atoms with Crippen molar-refractivity contribution in [2.45, 2.75) is 6.54 Å². The molecule has 4 aromatic rings. The summed E-state index contributed by atoms with van der Waals surface area (Å²) in [4.78, 5) is 27.3. The van der Waals surface area contributed by atoms with Gasteiger partial charge in [-0.2, -0.15) is 0 Å². The Morgan fingerprint density at radius 3 is 2.65 bits per heavy atom. The summed E-state index contributed by atoms with van der Waals surface area (Å²) in [5.41, 5.74) is 2.63. The monoisotopic (exact) mass is 429 g/mol. The number of aromatic nitrogens is 2. The molecule has 1 amide bonds. The van der Waals surface area contributed by atoms with Gasteiger partial charge in [0.1, 0.15) is 17.0 Å². The van der Waals surface area contributed by atoms with Gasteiger partial charge in [0.25, 0.3) is 5.91 Å². The van der Waals surface area contributed by atoms with Gasteiger partial charge in [0.05, 0.1) is 5.39 Å². The predicted octanol–water partition coefficient (Wildman–Crippen LogP) is 4.27. The lowest BCUT2D eigenvalue weighted by Gasteiger charge is -2.35. The lowest BCUT2D eigenvalue weighted by molar-refractivity contribution is 0.102. The molecule has 0 radical (unpaired) electrons. The second-order valence-electron chi connectivity index (χ2n) is 7.62. The van der Waals surface area contributed by atoms with Gasteiger partial charge in [0, 0.05) is 44.0 Å². The van der Waals surface area contributed by atoms with Crippen molar-refractivity contribution in [3.05, 3.63) is 83.5 Å². The Balaban J connectivity index is 1.21. The van der Waals surface area contributed by atoms with Gasteiger partial charge in [-0.3, -0.25) is 9.69 Å². The Bertz CT molecular complexity index is 1180. The highest BCUT2D eigenvalue weighted by atomic mass is 32.1. The van der Waals surface area contributed by atoms with Crippen LogP contribution in [0.4, 0.5) is 11.5 Å². The number of rotatable bonds is 5. The van der Waals surface area contributed by atoms with Crippen LogP contribution in [0.5, 0.6) is 0 Å². The van der Waals surface area contributed by atoms with Crippen LogP contribution in [0.1, 0.15) is 15.9 Å². The van der Waals surface area contributed by atoms with Crippen LogP contribution >= 0.6 is 11.3 Å². The van der Waals surface area contributed by atoms with Crippen LogP contribution < -0.4 is 10.2 Å². The number of nitrogens with one attached hydrogen (secondary N) is 1. The van der Waals surface area contributed by atoms with Crippen molar-refractivity contribution in [2.24, 2.45) is 0 Å². The molecule has 2 aromatic carbocycles. The molecule has 6 nitrogen and oxygen atoms in total. The number of benzene rings is 2. The number of amides is 1. The van der Waals surface area contributed by atoms with E-state index in [9.17, 15) is 4.79 Å². The first-order chi connectivity index (χ1) is 15.3. The van der Waals surface area contributed by atoms with E-state index in [1.807, 2.05) is 48.5 Å². The number of anilines is 2. The summed E-state index contributed by atoms with van der Waals surface area (Å²) >= 11 is 1.65. The van der Waals surface area contributed by atoms with E-state index in [-0.39, 0.29) is 5.91 Å². The van der Waals surface area contributed by atoms with E-state index in [0.29, 0.717) is 5.56 Å². The number of hydrogen-bond acceptors (Lipinski definition) is 6. The van der Waals surface area contributed by atoms with Gasteiger partial charge >= 0.3 is 0 Å². The van der Waals surface area contributed by atoms with Gasteiger partial charge in [-0.15, -0.1) is 11.3 Å². The number of para-hydroxylation sites is 1. The number of hydrogen-bond donors (Lipinski definition) is 1. The Morgan fingerprint density at radius 2 is 1.81 bits per heavy atom. The van der Waals surface area contributed by atoms with Gasteiger partial charge in [0.2, 0.25) is 0 Å². The summed E-state index contributed by atoms with van der Waals surface area (Å²) < 4.78 is 0. The molecule has 0 unspecified atom stereocenters. The van der Waals surface area contributed by atoms with Crippen molar-refractivity contribution >= 4 is 39.0 Å². The van der Waals surface area contributed by atoms with Crippen molar-refractivity contribution in [1.82, 2.24) is 14.9 Å². The van der Waals surface area contributed by atoms with Gasteiger partial charge in [-0.25, -0.2) is 9.97 Å². The standard InChI is InChI=1S/C24H23N5OS/c30-23(27-20-7-2-1-3-8-20)19-6-4-5-18(15-19)16-28-10-12-29(13-11-28)22-21-9-14-31-24(21)26-17-25-22/h1-9,14-15,17H,10-13,16H2,(H,27,30). The second-order valence-corrected chi connectivity index (χ2v) is 8.51. The van der Waals surface area contributed by atoms with E-state index in [0.717, 1.165) is 60.0 Å². The number of nitrogens with zero attached hydrogens (tertiary/aromatic N) is 4. The molecule has 0 saturated carbocycles. The van der Waals surface area contributed by atoms with E-state index in [2.05, 4.69) is 42.6 Å². The number of piperazine rings is 1. The molecule has 3 heterocycles. The normalized spacial score (nSPS) is 14.6. The molecule has 0 bridgehead atoms.